The average molecular weight is 263 g/mol. The highest BCUT2D eigenvalue weighted by Crippen LogP contribution is 2.40. The summed E-state index contributed by atoms with van der Waals surface area (Å²) in [7, 11) is 0. The molecular formula is C15H21NO3. The average Bonchev–Trinajstić information content (AvgIpc) is 2.68. The summed E-state index contributed by atoms with van der Waals surface area (Å²) in [6.45, 7) is 6.24. The zero-order chi connectivity index (χ0) is 14.2. The lowest BCUT2D eigenvalue weighted by atomic mass is 9.80. The summed E-state index contributed by atoms with van der Waals surface area (Å²) in [5.41, 5.74) is 0.703. The molecule has 1 saturated heterocycles. The van der Waals surface area contributed by atoms with Gasteiger partial charge in [-0.3, -0.25) is 0 Å². The summed E-state index contributed by atoms with van der Waals surface area (Å²) >= 11 is 0. The standard InChI is InChI=1S/C15H21NO3/c1-15(2,3)13-12(17)11(9-16(13)14(18)19)10-7-5-4-6-8-10/h4-8,11-13,17H,9H2,1-3H3,(H,18,19). The van der Waals surface area contributed by atoms with E-state index < -0.39 is 12.2 Å². The van der Waals surface area contributed by atoms with Crippen molar-refractivity contribution in [1.82, 2.24) is 4.90 Å². The van der Waals surface area contributed by atoms with Crippen LogP contribution in [0, 0.1) is 5.41 Å². The van der Waals surface area contributed by atoms with Crippen LogP contribution in [0.2, 0.25) is 0 Å². The minimum absolute atomic E-state index is 0.151. The van der Waals surface area contributed by atoms with Gasteiger partial charge >= 0.3 is 6.09 Å². The van der Waals surface area contributed by atoms with Crippen LogP contribution in [0.4, 0.5) is 4.79 Å². The number of rotatable bonds is 1. The summed E-state index contributed by atoms with van der Waals surface area (Å²) < 4.78 is 0. The quantitative estimate of drug-likeness (QED) is 0.818. The van der Waals surface area contributed by atoms with Gasteiger partial charge in [-0.25, -0.2) is 4.79 Å². The Kier molecular flexibility index (Phi) is 3.54. The second-order valence-corrected chi connectivity index (χ2v) is 6.25. The van der Waals surface area contributed by atoms with Crippen molar-refractivity contribution in [3.8, 4) is 0 Å². The third-order valence-electron chi connectivity index (χ3n) is 3.83. The maximum atomic E-state index is 11.4. The second-order valence-electron chi connectivity index (χ2n) is 6.25. The molecule has 0 bridgehead atoms. The molecular weight excluding hydrogens is 242 g/mol. The molecule has 2 rings (SSSR count). The Bertz CT molecular complexity index is 452. The van der Waals surface area contributed by atoms with Crippen LogP contribution in [0.3, 0.4) is 0 Å². The van der Waals surface area contributed by atoms with Gasteiger partial charge in [0.25, 0.3) is 0 Å². The Morgan fingerprint density at radius 1 is 1.26 bits per heavy atom. The molecule has 1 aliphatic rings. The molecule has 4 heteroatoms. The van der Waals surface area contributed by atoms with Crippen molar-refractivity contribution in [3.63, 3.8) is 0 Å². The Balaban J connectivity index is 2.34. The molecule has 0 radical (unpaired) electrons. The molecule has 1 heterocycles. The highest BCUT2D eigenvalue weighted by atomic mass is 16.4. The first-order valence-electron chi connectivity index (χ1n) is 6.55. The topological polar surface area (TPSA) is 60.8 Å². The predicted octanol–water partition coefficient (Wildman–Crippen LogP) is 2.54. The maximum Gasteiger partial charge on any atom is 0.407 e. The molecule has 1 fully saturated rings. The van der Waals surface area contributed by atoms with Crippen LogP contribution < -0.4 is 0 Å². The SMILES string of the molecule is CC(C)(C)C1C(O)C(c2ccccc2)CN1C(=O)O. The van der Waals surface area contributed by atoms with E-state index in [1.54, 1.807) is 0 Å². The van der Waals surface area contributed by atoms with E-state index in [9.17, 15) is 15.0 Å². The van der Waals surface area contributed by atoms with Crippen molar-refractivity contribution in [2.45, 2.75) is 38.8 Å². The van der Waals surface area contributed by atoms with Crippen molar-refractivity contribution in [1.29, 1.82) is 0 Å². The van der Waals surface area contributed by atoms with E-state index in [1.807, 2.05) is 51.1 Å². The van der Waals surface area contributed by atoms with E-state index in [1.165, 1.54) is 4.90 Å². The van der Waals surface area contributed by atoms with Gasteiger partial charge in [0.1, 0.15) is 0 Å². The number of likely N-dealkylation sites (tertiary alicyclic amines) is 1. The molecule has 19 heavy (non-hydrogen) atoms. The number of hydrogen-bond acceptors (Lipinski definition) is 2. The highest BCUT2D eigenvalue weighted by Gasteiger charge is 2.48. The van der Waals surface area contributed by atoms with Crippen LogP contribution in [0.15, 0.2) is 30.3 Å². The molecule has 0 aromatic heterocycles. The van der Waals surface area contributed by atoms with Gasteiger partial charge in [0.2, 0.25) is 0 Å². The number of aliphatic hydroxyl groups is 1. The van der Waals surface area contributed by atoms with E-state index >= 15 is 0 Å². The van der Waals surface area contributed by atoms with Crippen molar-refractivity contribution in [3.05, 3.63) is 35.9 Å². The summed E-state index contributed by atoms with van der Waals surface area (Å²) in [4.78, 5) is 12.8. The lowest BCUT2D eigenvalue weighted by Gasteiger charge is -2.35. The first-order valence-corrected chi connectivity index (χ1v) is 6.55. The molecule has 1 aromatic carbocycles. The minimum atomic E-state index is -0.961. The number of aliphatic hydroxyl groups excluding tert-OH is 1. The maximum absolute atomic E-state index is 11.4. The van der Waals surface area contributed by atoms with E-state index in [-0.39, 0.29) is 17.4 Å². The lowest BCUT2D eigenvalue weighted by molar-refractivity contribution is 0.0424. The summed E-state index contributed by atoms with van der Waals surface area (Å²) in [6.07, 6.45) is -1.63. The minimum Gasteiger partial charge on any atom is -0.465 e. The van der Waals surface area contributed by atoms with Crippen molar-refractivity contribution >= 4 is 6.09 Å². The van der Waals surface area contributed by atoms with Gasteiger partial charge in [-0.2, -0.15) is 0 Å². The van der Waals surface area contributed by atoms with Crippen LogP contribution in [-0.2, 0) is 0 Å². The fourth-order valence-corrected chi connectivity index (χ4v) is 3.02. The van der Waals surface area contributed by atoms with Crippen LogP contribution in [-0.4, -0.2) is 39.9 Å². The molecule has 2 N–H and O–H groups in total. The van der Waals surface area contributed by atoms with E-state index in [0.717, 1.165) is 5.56 Å². The molecule has 0 saturated carbocycles. The van der Waals surface area contributed by atoms with Crippen molar-refractivity contribution in [2.24, 2.45) is 5.41 Å². The lowest BCUT2D eigenvalue weighted by Crippen LogP contribution is -2.47. The fourth-order valence-electron chi connectivity index (χ4n) is 3.02. The molecule has 3 atom stereocenters. The molecule has 1 aliphatic heterocycles. The van der Waals surface area contributed by atoms with Gasteiger partial charge in [-0.05, 0) is 11.0 Å². The van der Waals surface area contributed by atoms with Gasteiger partial charge in [0, 0.05) is 12.5 Å². The normalized spacial score (nSPS) is 27.6. The fraction of sp³-hybridized carbons (Fsp3) is 0.533. The molecule has 3 unspecified atom stereocenters. The zero-order valence-electron chi connectivity index (χ0n) is 11.6. The van der Waals surface area contributed by atoms with Gasteiger partial charge in [-0.15, -0.1) is 0 Å². The smallest absolute Gasteiger partial charge is 0.407 e. The Morgan fingerprint density at radius 3 is 2.26 bits per heavy atom. The Hall–Kier alpha value is -1.55. The number of benzene rings is 1. The predicted molar refractivity (Wildman–Crippen MR) is 73.2 cm³/mol. The van der Waals surface area contributed by atoms with E-state index in [2.05, 4.69) is 0 Å². The van der Waals surface area contributed by atoms with Gasteiger partial charge in [0.15, 0.2) is 0 Å². The highest BCUT2D eigenvalue weighted by molar-refractivity contribution is 5.66. The number of hydrogen-bond donors (Lipinski definition) is 2. The number of carbonyl (C=O) groups is 1. The molecule has 0 spiro atoms. The third-order valence-corrected chi connectivity index (χ3v) is 3.83. The summed E-state index contributed by atoms with van der Waals surface area (Å²) in [5, 5.41) is 19.9. The summed E-state index contributed by atoms with van der Waals surface area (Å²) in [6, 6.07) is 9.25. The third kappa shape index (κ3) is 2.59. The van der Waals surface area contributed by atoms with Crippen molar-refractivity contribution in [2.75, 3.05) is 6.54 Å². The van der Waals surface area contributed by atoms with Crippen LogP contribution >= 0.6 is 0 Å². The van der Waals surface area contributed by atoms with E-state index in [0.29, 0.717) is 6.54 Å². The Labute approximate surface area is 113 Å². The van der Waals surface area contributed by atoms with Crippen LogP contribution in [0.5, 0.6) is 0 Å². The largest absolute Gasteiger partial charge is 0.465 e. The number of amides is 1. The van der Waals surface area contributed by atoms with Crippen LogP contribution in [0.1, 0.15) is 32.3 Å². The van der Waals surface area contributed by atoms with Gasteiger partial charge < -0.3 is 15.1 Å². The molecule has 1 amide bonds. The molecule has 1 aromatic rings. The number of nitrogens with zero attached hydrogens (tertiary/aromatic N) is 1. The summed E-state index contributed by atoms with van der Waals surface area (Å²) in [5.74, 6) is -0.151. The Morgan fingerprint density at radius 2 is 1.84 bits per heavy atom. The van der Waals surface area contributed by atoms with Crippen molar-refractivity contribution < 1.29 is 15.0 Å². The first kappa shape index (κ1) is 13.9. The van der Waals surface area contributed by atoms with E-state index in [4.69, 9.17) is 0 Å². The molecule has 4 nitrogen and oxygen atoms in total. The monoisotopic (exact) mass is 263 g/mol. The molecule has 104 valence electrons. The second kappa shape index (κ2) is 4.85. The van der Waals surface area contributed by atoms with Crippen LogP contribution in [0.25, 0.3) is 0 Å². The van der Waals surface area contributed by atoms with Gasteiger partial charge in [-0.1, -0.05) is 51.1 Å². The number of carboxylic acid groups (broad SMARTS) is 1. The van der Waals surface area contributed by atoms with Gasteiger partial charge in [0.05, 0.1) is 12.1 Å². The first-order chi connectivity index (χ1) is 8.82. The molecule has 0 aliphatic carbocycles. The zero-order valence-corrected chi connectivity index (χ0v) is 11.6.